The number of nitrogens with one attached hydrogen (secondary N) is 1. The smallest absolute Gasteiger partial charge is 0.150 e. The zero-order valence-electron chi connectivity index (χ0n) is 10.8. The number of thiazole rings is 1. The first-order valence-corrected chi connectivity index (χ1v) is 9.10. The summed E-state index contributed by atoms with van der Waals surface area (Å²) in [6.07, 6.45) is 6.92. The highest BCUT2D eigenvalue weighted by molar-refractivity contribution is 7.91. The zero-order valence-corrected chi connectivity index (χ0v) is 12.4. The van der Waals surface area contributed by atoms with Crippen molar-refractivity contribution in [3.05, 3.63) is 16.6 Å². The Morgan fingerprint density at radius 2 is 2.28 bits per heavy atom. The minimum atomic E-state index is -2.91. The van der Waals surface area contributed by atoms with Crippen molar-refractivity contribution in [1.29, 1.82) is 0 Å². The van der Waals surface area contributed by atoms with Crippen LogP contribution in [0.25, 0.3) is 0 Å². The molecule has 3 atom stereocenters. The fourth-order valence-electron chi connectivity index (χ4n) is 2.86. The Balaban J connectivity index is 2.12. The normalized spacial score (nSPS) is 27.0. The summed E-state index contributed by atoms with van der Waals surface area (Å²) in [5.74, 6) is 0.393. The Bertz CT molecular complexity index is 470. The van der Waals surface area contributed by atoms with Gasteiger partial charge in [0.25, 0.3) is 0 Å². The minimum absolute atomic E-state index is 0.167. The van der Waals surface area contributed by atoms with E-state index in [4.69, 9.17) is 0 Å². The summed E-state index contributed by atoms with van der Waals surface area (Å²) in [5.41, 5.74) is 1.83. The number of hydrogen-bond donors (Lipinski definition) is 1. The molecule has 1 fully saturated rings. The molecule has 0 spiro atoms. The number of hydrogen-bond acceptors (Lipinski definition) is 5. The van der Waals surface area contributed by atoms with Gasteiger partial charge in [0.05, 0.1) is 10.8 Å². The third kappa shape index (κ3) is 3.10. The Hall–Kier alpha value is -0.460. The molecule has 2 rings (SSSR count). The molecule has 0 amide bonds. The minimum Gasteiger partial charge on any atom is -0.312 e. The molecule has 3 unspecified atom stereocenters. The van der Waals surface area contributed by atoms with Crippen molar-refractivity contribution in [2.24, 2.45) is 5.92 Å². The van der Waals surface area contributed by atoms with Crippen LogP contribution in [0.5, 0.6) is 0 Å². The van der Waals surface area contributed by atoms with Crippen LogP contribution in [-0.2, 0) is 9.84 Å². The predicted molar refractivity (Wildman–Crippen MR) is 74.5 cm³/mol. The maximum atomic E-state index is 11.7. The summed E-state index contributed by atoms with van der Waals surface area (Å²) in [7, 11) is -0.970. The van der Waals surface area contributed by atoms with Crippen molar-refractivity contribution in [3.63, 3.8) is 0 Å². The first kappa shape index (κ1) is 14.0. The van der Waals surface area contributed by atoms with Gasteiger partial charge in [0.15, 0.2) is 0 Å². The van der Waals surface area contributed by atoms with Crippen LogP contribution < -0.4 is 5.32 Å². The van der Waals surface area contributed by atoms with E-state index in [-0.39, 0.29) is 11.3 Å². The van der Waals surface area contributed by atoms with Gasteiger partial charge >= 0.3 is 0 Å². The highest BCUT2D eigenvalue weighted by atomic mass is 32.2. The molecule has 18 heavy (non-hydrogen) atoms. The molecular weight excluding hydrogens is 268 g/mol. The van der Waals surface area contributed by atoms with E-state index in [0.29, 0.717) is 5.92 Å². The average molecular weight is 288 g/mol. The molecule has 0 saturated heterocycles. The molecule has 0 aromatic carbocycles. The summed E-state index contributed by atoms with van der Waals surface area (Å²) in [4.78, 5) is 5.32. The molecule has 1 aromatic rings. The van der Waals surface area contributed by atoms with Crippen LogP contribution in [0, 0.1) is 5.92 Å². The van der Waals surface area contributed by atoms with E-state index in [1.165, 1.54) is 11.1 Å². The SMILES string of the molecule is CNC(c1cncs1)C1CCCC(S(C)(=O)=O)C1. The highest BCUT2D eigenvalue weighted by Crippen LogP contribution is 2.37. The molecule has 0 aliphatic heterocycles. The van der Waals surface area contributed by atoms with Gasteiger partial charge in [-0.2, -0.15) is 0 Å². The monoisotopic (exact) mass is 288 g/mol. The predicted octanol–water partition coefficient (Wildman–Crippen LogP) is 2.01. The molecule has 1 N–H and O–H groups in total. The molecule has 1 aromatic heterocycles. The summed E-state index contributed by atoms with van der Waals surface area (Å²) in [5, 5.41) is 3.16. The summed E-state index contributed by atoms with van der Waals surface area (Å²) < 4.78 is 23.4. The average Bonchev–Trinajstić information content (AvgIpc) is 2.83. The van der Waals surface area contributed by atoms with Gasteiger partial charge in [-0.15, -0.1) is 11.3 Å². The number of rotatable bonds is 4. The van der Waals surface area contributed by atoms with E-state index in [0.717, 1.165) is 25.7 Å². The van der Waals surface area contributed by atoms with Crippen LogP contribution in [0.2, 0.25) is 0 Å². The Morgan fingerprint density at radius 1 is 1.50 bits per heavy atom. The van der Waals surface area contributed by atoms with E-state index in [2.05, 4.69) is 10.3 Å². The van der Waals surface area contributed by atoms with E-state index >= 15 is 0 Å². The lowest BCUT2D eigenvalue weighted by Crippen LogP contribution is -2.34. The molecule has 1 heterocycles. The van der Waals surface area contributed by atoms with Gasteiger partial charge in [-0.1, -0.05) is 6.42 Å². The molecule has 102 valence electrons. The van der Waals surface area contributed by atoms with E-state index in [9.17, 15) is 8.42 Å². The third-order valence-corrected chi connectivity index (χ3v) is 6.31. The van der Waals surface area contributed by atoms with Crippen molar-refractivity contribution in [3.8, 4) is 0 Å². The van der Waals surface area contributed by atoms with Crippen molar-refractivity contribution < 1.29 is 8.42 Å². The number of aromatic nitrogens is 1. The van der Waals surface area contributed by atoms with Crippen LogP contribution in [0.15, 0.2) is 11.7 Å². The Morgan fingerprint density at radius 3 is 2.83 bits per heavy atom. The summed E-state index contributed by atoms with van der Waals surface area (Å²) in [6.45, 7) is 0. The van der Waals surface area contributed by atoms with Gasteiger partial charge in [0.1, 0.15) is 9.84 Å². The van der Waals surface area contributed by atoms with Crippen molar-refractivity contribution in [1.82, 2.24) is 10.3 Å². The second-order valence-electron chi connectivity index (χ2n) is 5.05. The molecule has 1 aliphatic rings. The van der Waals surface area contributed by atoms with E-state index in [1.807, 2.05) is 18.8 Å². The Kier molecular flexibility index (Phi) is 4.40. The van der Waals surface area contributed by atoms with Crippen molar-refractivity contribution in [2.45, 2.75) is 37.0 Å². The number of nitrogens with zero attached hydrogens (tertiary/aromatic N) is 1. The van der Waals surface area contributed by atoms with Gasteiger partial charge in [0.2, 0.25) is 0 Å². The molecule has 1 saturated carbocycles. The maximum absolute atomic E-state index is 11.7. The molecule has 6 heteroatoms. The second kappa shape index (κ2) is 5.67. The molecule has 4 nitrogen and oxygen atoms in total. The summed E-state index contributed by atoms with van der Waals surface area (Å²) in [6, 6.07) is 0.238. The lowest BCUT2D eigenvalue weighted by molar-refractivity contribution is 0.285. The second-order valence-corrected chi connectivity index (χ2v) is 8.29. The van der Waals surface area contributed by atoms with Gasteiger partial charge in [-0.25, -0.2) is 8.42 Å². The lowest BCUT2D eigenvalue weighted by atomic mass is 9.83. The molecule has 0 radical (unpaired) electrons. The molecule has 1 aliphatic carbocycles. The fourth-order valence-corrected chi connectivity index (χ4v) is 4.88. The van der Waals surface area contributed by atoms with Crippen LogP contribution >= 0.6 is 11.3 Å². The first-order chi connectivity index (χ1) is 8.52. The van der Waals surface area contributed by atoms with Gasteiger partial charge in [-0.05, 0) is 32.2 Å². The maximum Gasteiger partial charge on any atom is 0.150 e. The fraction of sp³-hybridized carbons (Fsp3) is 0.750. The van der Waals surface area contributed by atoms with Gasteiger partial charge in [-0.3, -0.25) is 4.98 Å². The first-order valence-electron chi connectivity index (χ1n) is 6.27. The van der Waals surface area contributed by atoms with Crippen LogP contribution in [-0.4, -0.2) is 32.0 Å². The van der Waals surface area contributed by atoms with Crippen molar-refractivity contribution >= 4 is 21.2 Å². The van der Waals surface area contributed by atoms with Crippen LogP contribution in [0.3, 0.4) is 0 Å². The lowest BCUT2D eigenvalue weighted by Gasteiger charge is -2.33. The highest BCUT2D eigenvalue weighted by Gasteiger charge is 2.33. The Labute approximate surface area is 113 Å². The van der Waals surface area contributed by atoms with E-state index < -0.39 is 9.84 Å². The third-order valence-electron chi connectivity index (χ3n) is 3.81. The largest absolute Gasteiger partial charge is 0.312 e. The van der Waals surface area contributed by atoms with Crippen LogP contribution in [0.4, 0.5) is 0 Å². The topological polar surface area (TPSA) is 59.1 Å². The number of sulfone groups is 1. The zero-order chi connectivity index (χ0) is 13.2. The summed E-state index contributed by atoms with van der Waals surface area (Å²) >= 11 is 1.63. The quantitative estimate of drug-likeness (QED) is 0.920. The molecular formula is C12H20N2O2S2. The standard InChI is InChI=1S/C12H20N2O2S2/c1-13-12(11-7-14-8-17-11)9-4-3-5-10(6-9)18(2,15)16/h7-10,12-13H,3-6H2,1-2H3. The van der Waals surface area contributed by atoms with Crippen molar-refractivity contribution in [2.75, 3.05) is 13.3 Å². The van der Waals surface area contributed by atoms with Gasteiger partial charge < -0.3 is 5.32 Å². The van der Waals surface area contributed by atoms with Crippen LogP contribution in [0.1, 0.15) is 36.6 Å². The van der Waals surface area contributed by atoms with Gasteiger partial charge in [0, 0.05) is 23.4 Å². The van der Waals surface area contributed by atoms with E-state index in [1.54, 1.807) is 11.3 Å². The molecule has 0 bridgehead atoms.